The maximum absolute atomic E-state index is 13.5. The van der Waals surface area contributed by atoms with Crippen molar-refractivity contribution in [3.8, 4) is 5.75 Å². The third-order valence-electron chi connectivity index (χ3n) is 3.59. The zero-order valence-corrected chi connectivity index (χ0v) is 13.1. The van der Waals surface area contributed by atoms with Crippen LogP contribution in [0.2, 0.25) is 0 Å². The molecule has 2 aromatic rings. The minimum Gasteiger partial charge on any atom is -0.496 e. The highest BCUT2D eigenvalue weighted by Gasteiger charge is 2.27. The monoisotopic (exact) mass is 306 g/mol. The lowest BCUT2D eigenvalue weighted by Gasteiger charge is -2.24. The van der Waals surface area contributed by atoms with E-state index in [1.54, 1.807) is 0 Å². The molecule has 0 fully saturated rings. The summed E-state index contributed by atoms with van der Waals surface area (Å²) >= 11 is 0. The van der Waals surface area contributed by atoms with E-state index in [1.165, 1.54) is 30.3 Å². The number of nitrogens with one attached hydrogen (secondary N) is 1. The van der Waals surface area contributed by atoms with Gasteiger partial charge in [0, 0.05) is 24.8 Å². The number of carbonyl (C=O) groups is 2. The van der Waals surface area contributed by atoms with E-state index < -0.39 is 17.5 Å². The summed E-state index contributed by atoms with van der Waals surface area (Å²) in [7, 11) is 1.39. The summed E-state index contributed by atoms with van der Waals surface area (Å²) in [5, 5.41) is 0.419. The SMILES string of the molecule is CCN(C(=O)C(=O)c1c[nH]c2cc(F)cc(OC)c12)C(C)C. The van der Waals surface area contributed by atoms with Gasteiger partial charge in [0.15, 0.2) is 0 Å². The second-order valence-electron chi connectivity index (χ2n) is 5.25. The molecule has 0 saturated heterocycles. The van der Waals surface area contributed by atoms with Gasteiger partial charge >= 0.3 is 0 Å². The number of carbonyl (C=O) groups excluding carboxylic acids is 2. The van der Waals surface area contributed by atoms with Gasteiger partial charge in [0.25, 0.3) is 11.7 Å². The molecule has 5 nitrogen and oxygen atoms in total. The maximum atomic E-state index is 13.5. The lowest BCUT2D eigenvalue weighted by atomic mass is 10.1. The first-order valence-electron chi connectivity index (χ1n) is 7.10. The van der Waals surface area contributed by atoms with Gasteiger partial charge in [-0.3, -0.25) is 9.59 Å². The number of H-pyrrole nitrogens is 1. The van der Waals surface area contributed by atoms with Crippen molar-refractivity contribution in [2.24, 2.45) is 0 Å². The van der Waals surface area contributed by atoms with Crippen molar-refractivity contribution in [3.63, 3.8) is 0 Å². The van der Waals surface area contributed by atoms with Gasteiger partial charge in [-0.15, -0.1) is 0 Å². The molecule has 6 heteroatoms. The van der Waals surface area contributed by atoms with Crippen LogP contribution in [0.4, 0.5) is 4.39 Å². The molecule has 0 atom stereocenters. The number of aromatic amines is 1. The molecule has 0 aliphatic carbocycles. The zero-order valence-electron chi connectivity index (χ0n) is 13.1. The summed E-state index contributed by atoms with van der Waals surface area (Å²) in [5.74, 6) is -1.47. The van der Waals surface area contributed by atoms with E-state index in [4.69, 9.17) is 4.74 Å². The van der Waals surface area contributed by atoms with Crippen LogP contribution in [-0.2, 0) is 4.79 Å². The van der Waals surface area contributed by atoms with Crippen LogP contribution < -0.4 is 4.74 Å². The smallest absolute Gasteiger partial charge is 0.295 e. The first-order chi connectivity index (χ1) is 10.4. The van der Waals surface area contributed by atoms with Crippen molar-refractivity contribution in [2.75, 3.05) is 13.7 Å². The Labute approximate surface area is 128 Å². The Morgan fingerprint density at radius 1 is 1.36 bits per heavy atom. The minimum absolute atomic E-state index is 0.0778. The number of likely N-dealkylation sites (N-methyl/N-ethyl adjacent to an activating group) is 1. The Morgan fingerprint density at radius 3 is 2.59 bits per heavy atom. The standard InChI is InChI=1S/C16H19FN2O3/c1-5-19(9(2)3)16(21)15(20)11-8-18-12-6-10(17)7-13(22-4)14(11)12/h6-9,18H,5H2,1-4H3. The number of ether oxygens (including phenoxy) is 1. The first-order valence-corrected chi connectivity index (χ1v) is 7.10. The molecule has 1 amide bonds. The molecule has 1 aromatic heterocycles. The topological polar surface area (TPSA) is 62.4 Å². The molecule has 1 heterocycles. The van der Waals surface area contributed by atoms with Crippen LogP contribution in [0, 0.1) is 5.82 Å². The fourth-order valence-corrected chi connectivity index (χ4v) is 2.52. The Hall–Kier alpha value is -2.37. The van der Waals surface area contributed by atoms with E-state index in [1.807, 2.05) is 20.8 Å². The van der Waals surface area contributed by atoms with E-state index in [9.17, 15) is 14.0 Å². The first kappa shape index (κ1) is 16.0. The number of hydrogen-bond acceptors (Lipinski definition) is 3. The van der Waals surface area contributed by atoms with Crippen LogP contribution in [-0.4, -0.2) is 41.3 Å². The average Bonchev–Trinajstić information content (AvgIpc) is 2.89. The predicted molar refractivity (Wildman–Crippen MR) is 81.7 cm³/mol. The summed E-state index contributed by atoms with van der Waals surface area (Å²) in [6, 6.07) is 2.38. The number of aromatic nitrogens is 1. The number of Topliss-reactive ketones (excluding diaryl/α,β-unsaturated/α-hetero) is 1. The molecule has 2 rings (SSSR count). The van der Waals surface area contributed by atoms with Gasteiger partial charge in [-0.25, -0.2) is 4.39 Å². The number of ketones is 1. The number of halogens is 1. The molecule has 0 radical (unpaired) electrons. The lowest BCUT2D eigenvalue weighted by molar-refractivity contribution is -0.127. The fourth-order valence-electron chi connectivity index (χ4n) is 2.52. The highest BCUT2D eigenvalue weighted by atomic mass is 19.1. The fraction of sp³-hybridized carbons (Fsp3) is 0.375. The van der Waals surface area contributed by atoms with Gasteiger partial charge in [0.2, 0.25) is 0 Å². The van der Waals surface area contributed by atoms with E-state index in [-0.39, 0.29) is 17.4 Å². The van der Waals surface area contributed by atoms with Gasteiger partial charge in [-0.2, -0.15) is 0 Å². The molecule has 0 bridgehead atoms. The Morgan fingerprint density at radius 2 is 2.05 bits per heavy atom. The van der Waals surface area contributed by atoms with Gasteiger partial charge in [-0.1, -0.05) is 0 Å². The Kier molecular flexibility index (Phi) is 4.49. The minimum atomic E-state index is -0.633. The molecule has 0 saturated carbocycles. The quantitative estimate of drug-likeness (QED) is 0.682. The number of amides is 1. The number of methoxy groups -OCH3 is 1. The average molecular weight is 306 g/mol. The second-order valence-corrected chi connectivity index (χ2v) is 5.25. The van der Waals surface area contributed by atoms with Crippen LogP contribution in [0.3, 0.4) is 0 Å². The summed E-state index contributed by atoms with van der Waals surface area (Å²) < 4.78 is 18.6. The zero-order chi connectivity index (χ0) is 16.4. The molecule has 1 aromatic carbocycles. The summed E-state index contributed by atoms with van der Waals surface area (Å²) in [4.78, 5) is 29.2. The molecule has 0 spiro atoms. The van der Waals surface area contributed by atoms with Crippen LogP contribution in [0.15, 0.2) is 18.3 Å². The molecule has 22 heavy (non-hydrogen) atoms. The molecule has 0 unspecified atom stereocenters. The van der Waals surface area contributed by atoms with Crippen molar-refractivity contribution in [1.29, 1.82) is 0 Å². The number of benzene rings is 1. The molecule has 118 valence electrons. The second kappa shape index (κ2) is 6.17. The third kappa shape index (κ3) is 2.68. The van der Waals surface area contributed by atoms with Crippen LogP contribution in [0.1, 0.15) is 31.1 Å². The number of nitrogens with zero attached hydrogens (tertiary/aromatic N) is 1. The highest BCUT2D eigenvalue weighted by molar-refractivity contribution is 6.45. The van der Waals surface area contributed by atoms with Crippen molar-refractivity contribution < 1.29 is 18.7 Å². The summed E-state index contributed by atoms with van der Waals surface area (Å²) in [6.45, 7) is 5.95. The van der Waals surface area contributed by atoms with Crippen LogP contribution >= 0.6 is 0 Å². The number of rotatable bonds is 5. The number of fused-ring (bicyclic) bond motifs is 1. The maximum Gasteiger partial charge on any atom is 0.295 e. The number of hydrogen-bond donors (Lipinski definition) is 1. The van der Waals surface area contributed by atoms with Crippen LogP contribution in [0.25, 0.3) is 10.9 Å². The lowest BCUT2D eigenvalue weighted by Crippen LogP contribution is -2.41. The molecule has 1 N–H and O–H groups in total. The summed E-state index contributed by atoms with van der Waals surface area (Å²) in [5.41, 5.74) is 0.608. The van der Waals surface area contributed by atoms with Crippen molar-refractivity contribution in [3.05, 3.63) is 29.7 Å². The van der Waals surface area contributed by atoms with Gasteiger partial charge in [0.05, 0.1) is 23.6 Å². The Balaban J connectivity index is 2.51. The normalized spacial score (nSPS) is 11.0. The van der Waals surface area contributed by atoms with Crippen molar-refractivity contribution >= 4 is 22.6 Å². The molecular weight excluding hydrogens is 287 g/mol. The summed E-state index contributed by atoms with van der Waals surface area (Å²) in [6.07, 6.45) is 1.42. The third-order valence-corrected chi connectivity index (χ3v) is 3.59. The van der Waals surface area contributed by atoms with E-state index in [0.717, 1.165) is 0 Å². The van der Waals surface area contributed by atoms with Gasteiger partial charge in [0.1, 0.15) is 11.6 Å². The van der Waals surface area contributed by atoms with Crippen molar-refractivity contribution in [1.82, 2.24) is 9.88 Å². The van der Waals surface area contributed by atoms with E-state index in [0.29, 0.717) is 17.4 Å². The Bertz CT molecular complexity index is 721. The van der Waals surface area contributed by atoms with Gasteiger partial charge in [-0.05, 0) is 26.8 Å². The van der Waals surface area contributed by atoms with Gasteiger partial charge < -0.3 is 14.6 Å². The van der Waals surface area contributed by atoms with Crippen molar-refractivity contribution in [2.45, 2.75) is 26.8 Å². The highest BCUT2D eigenvalue weighted by Crippen LogP contribution is 2.30. The predicted octanol–water partition coefficient (Wildman–Crippen LogP) is 2.76. The molecule has 0 aliphatic heterocycles. The largest absolute Gasteiger partial charge is 0.496 e. The van der Waals surface area contributed by atoms with E-state index in [2.05, 4.69) is 4.98 Å². The molecular formula is C16H19FN2O3. The van der Waals surface area contributed by atoms with Crippen LogP contribution in [0.5, 0.6) is 5.75 Å². The molecule has 0 aliphatic rings. The van der Waals surface area contributed by atoms with E-state index >= 15 is 0 Å².